The third kappa shape index (κ3) is 10.9. The first-order valence-electron chi connectivity index (χ1n) is 5.11. The zero-order valence-electron chi connectivity index (χ0n) is 9.44. The lowest BCUT2D eigenvalue weighted by Gasteiger charge is -2.05. The summed E-state index contributed by atoms with van der Waals surface area (Å²) in [5.41, 5.74) is 0. The average Bonchev–Trinajstić information content (AvgIpc) is 2.22. The molecule has 0 aromatic rings. The number of hydrogen-bond donors (Lipinski definition) is 1. The molecule has 0 aliphatic carbocycles. The van der Waals surface area contributed by atoms with Gasteiger partial charge in [-0.1, -0.05) is 0 Å². The maximum atomic E-state index is 11.0. The molecule has 16 heavy (non-hydrogen) atoms. The molecule has 0 aliphatic heterocycles. The summed E-state index contributed by atoms with van der Waals surface area (Å²) in [6.07, 6.45) is 0.419. The van der Waals surface area contributed by atoms with Crippen LogP contribution in [0.15, 0.2) is 0 Å². The Morgan fingerprint density at radius 2 is 1.75 bits per heavy atom. The summed E-state index contributed by atoms with van der Waals surface area (Å²) in [7, 11) is 1.58. The first kappa shape index (κ1) is 14.9. The van der Waals surface area contributed by atoms with Gasteiger partial charge in [0.25, 0.3) is 0 Å². The Morgan fingerprint density at radius 3 is 2.38 bits per heavy atom. The fourth-order valence-electron chi connectivity index (χ4n) is 0.915. The number of carbonyl (C=O) groups excluding carboxylic acids is 1. The molecule has 0 aromatic heterocycles. The summed E-state index contributed by atoms with van der Waals surface area (Å²) < 4.78 is 14.6. The van der Waals surface area contributed by atoms with Crippen LogP contribution in [0.25, 0.3) is 0 Å². The van der Waals surface area contributed by atoms with Gasteiger partial charge >= 0.3 is 11.9 Å². The molecular weight excluding hydrogens is 216 g/mol. The van der Waals surface area contributed by atoms with Gasteiger partial charge in [-0.05, 0) is 6.42 Å². The molecule has 0 amide bonds. The monoisotopic (exact) mass is 234 g/mol. The highest BCUT2D eigenvalue weighted by Gasteiger charge is 2.04. The Kier molecular flexibility index (Phi) is 9.64. The van der Waals surface area contributed by atoms with E-state index in [0.717, 1.165) is 0 Å². The van der Waals surface area contributed by atoms with Gasteiger partial charge in [-0.3, -0.25) is 9.59 Å². The lowest BCUT2D eigenvalue weighted by atomic mass is 10.2. The van der Waals surface area contributed by atoms with E-state index in [4.69, 9.17) is 19.3 Å². The molecule has 0 heterocycles. The first-order valence-corrected chi connectivity index (χ1v) is 5.11. The molecule has 0 saturated carbocycles. The van der Waals surface area contributed by atoms with Crippen LogP contribution in [0.5, 0.6) is 0 Å². The van der Waals surface area contributed by atoms with Gasteiger partial charge in [0.15, 0.2) is 0 Å². The number of carboxylic acid groups (broad SMARTS) is 1. The number of aliphatic carboxylic acids is 1. The topological polar surface area (TPSA) is 82.1 Å². The number of esters is 1. The van der Waals surface area contributed by atoms with E-state index in [1.165, 1.54) is 0 Å². The van der Waals surface area contributed by atoms with Crippen LogP contribution in [0.4, 0.5) is 0 Å². The third-order valence-electron chi connectivity index (χ3n) is 1.69. The molecule has 0 aromatic carbocycles. The van der Waals surface area contributed by atoms with Gasteiger partial charge in [0.2, 0.25) is 0 Å². The zero-order chi connectivity index (χ0) is 12.2. The van der Waals surface area contributed by atoms with Gasteiger partial charge in [-0.25, -0.2) is 0 Å². The minimum atomic E-state index is -0.907. The van der Waals surface area contributed by atoms with Crippen molar-refractivity contribution in [2.24, 2.45) is 0 Å². The van der Waals surface area contributed by atoms with Gasteiger partial charge in [0, 0.05) is 20.0 Å². The second-order valence-electron chi connectivity index (χ2n) is 3.07. The summed E-state index contributed by atoms with van der Waals surface area (Å²) >= 11 is 0. The molecule has 0 unspecified atom stereocenters. The molecule has 0 spiro atoms. The lowest BCUT2D eigenvalue weighted by Crippen LogP contribution is -2.12. The Hall–Kier alpha value is -1.14. The average molecular weight is 234 g/mol. The summed E-state index contributed by atoms with van der Waals surface area (Å²) in [4.78, 5) is 21.2. The van der Waals surface area contributed by atoms with Crippen molar-refractivity contribution < 1.29 is 28.9 Å². The van der Waals surface area contributed by atoms with E-state index in [9.17, 15) is 9.59 Å². The van der Waals surface area contributed by atoms with Crippen molar-refractivity contribution in [3.8, 4) is 0 Å². The largest absolute Gasteiger partial charge is 0.481 e. The predicted octanol–water partition coefficient (Wildman–Crippen LogP) is 0.447. The summed E-state index contributed by atoms with van der Waals surface area (Å²) in [6, 6.07) is 0. The molecule has 0 fully saturated rings. The molecule has 6 heteroatoms. The van der Waals surface area contributed by atoms with Gasteiger partial charge in [0.1, 0.15) is 6.61 Å². The number of rotatable bonds is 10. The number of methoxy groups -OCH3 is 1. The van der Waals surface area contributed by atoms with Crippen molar-refractivity contribution in [2.45, 2.75) is 19.3 Å². The quantitative estimate of drug-likeness (QED) is 0.436. The minimum Gasteiger partial charge on any atom is -0.481 e. The maximum Gasteiger partial charge on any atom is 0.305 e. The second kappa shape index (κ2) is 10.4. The molecule has 0 aliphatic rings. The maximum absolute atomic E-state index is 11.0. The Morgan fingerprint density at radius 1 is 1.06 bits per heavy atom. The van der Waals surface area contributed by atoms with E-state index >= 15 is 0 Å². The van der Waals surface area contributed by atoms with Crippen molar-refractivity contribution in [3.05, 3.63) is 0 Å². The van der Waals surface area contributed by atoms with Crippen LogP contribution in [0.1, 0.15) is 19.3 Å². The molecule has 0 radical (unpaired) electrons. The van der Waals surface area contributed by atoms with Crippen LogP contribution in [0.2, 0.25) is 0 Å². The fraction of sp³-hybridized carbons (Fsp3) is 0.800. The van der Waals surface area contributed by atoms with Crippen molar-refractivity contribution in [1.29, 1.82) is 0 Å². The molecule has 0 saturated heterocycles. The van der Waals surface area contributed by atoms with E-state index in [1.54, 1.807) is 7.11 Å². The molecule has 94 valence electrons. The highest BCUT2D eigenvalue weighted by atomic mass is 16.6. The normalized spacial score (nSPS) is 10.1. The van der Waals surface area contributed by atoms with Crippen LogP contribution >= 0.6 is 0 Å². The molecule has 6 nitrogen and oxygen atoms in total. The van der Waals surface area contributed by atoms with E-state index in [2.05, 4.69) is 0 Å². The predicted molar refractivity (Wildman–Crippen MR) is 55.1 cm³/mol. The van der Waals surface area contributed by atoms with Gasteiger partial charge in [-0.2, -0.15) is 0 Å². The number of hydrogen-bond acceptors (Lipinski definition) is 5. The van der Waals surface area contributed by atoms with Crippen molar-refractivity contribution in [1.82, 2.24) is 0 Å². The SMILES string of the molecule is COCCOCCOC(=O)CCCC(=O)O. The summed E-state index contributed by atoms with van der Waals surface area (Å²) in [5, 5.41) is 8.34. The smallest absolute Gasteiger partial charge is 0.305 e. The standard InChI is InChI=1S/C10H18O6/c1-14-5-6-15-7-8-16-10(13)4-2-3-9(11)12/h2-8H2,1H3,(H,11,12). The lowest BCUT2D eigenvalue weighted by molar-refractivity contribution is -0.145. The highest BCUT2D eigenvalue weighted by molar-refractivity contribution is 5.71. The Labute approximate surface area is 94.5 Å². The van der Waals surface area contributed by atoms with Crippen LogP contribution in [0, 0.1) is 0 Å². The van der Waals surface area contributed by atoms with E-state index in [-0.39, 0.29) is 19.4 Å². The first-order chi connectivity index (χ1) is 7.66. The van der Waals surface area contributed by atoms with Gasteiger partial charge in [-0.15, -0.1) is 0 Å². The van der Waals surface area contributed by atoms with E-state index < -0.39 is 11.9 Å². The van der Waals surface area contributed by atoms with Crippen LogP contribution < -0.4 is 0 Å². The van der Waals surface area contributed by atoms with Crippen molar-refractivity contribution >= 4 is 11.9 Å². The van der Waals surface area contributed by atoms with Crippen molar-refractivity contribution in [3.63, 3.8) is 0 Å². The molecule has 1 N–H and O–H groups in total. The molecular formula is C10H18O6. The van der Waals surface area contributed by atoms with E-state index in [0.29, 0.717) is 26.2 Å². The molecule has 0 rings (SSSR count). The van der Waals surface area contributed by atoms with Gasteiger partial charge in [0.05, 0.1) is 19.8 Å². The Balaban J connectivity index is 3.20. The summed E-state index contributed by atoms with van der Waals surface area (Å²) in [5.74, 6) is -1.30. The zero-order valence-corrected chi connectivity index (χ0v) is 9.44. The second-order valence-corrected chi connectivity index (χ2v) is 3.07. The Bertz CT molecular complexity index is 203. The van der Waals surface area contributed by atoms with Crippen LogP contribution in [-0.4, -0.2) is 50.6 Å². The fourth-order valence-corrected chi connectivity index (χ4v) is 0.915. The molecule has 0 atom stereocenters. The van der Waals surface area contributed by atoms with Gasteiger partial charge < -0.3 is 19.3 Å². The van der Waals surface area contributed by atoms with E-state index in [1.807, 2.05) is 0 Å². The number of carbonyl (C=O) groups is 2. The van der Waals surface area contributed by atoms with Crippen molar-refractivity contribution in [2.75, 3.05) is 33.5 Å². The molecule has 0 bridgehead atoms. The summed E-state index contributed by atoms with van der Waals surface area (Å²) in [6.45, 7) is 1.49. The number of ether oxygens (including phenoxy) is 3. The third-order valence-corrected chi connectivity index (χ3v) is 1.69. The van der Waals surface area contributed by atoms with Crippen LogP contribution in [-0.2, 0) is 23.8 Å². The minimum absolute atomic E-state index is 0.0144. The highest BCUT2D eigenvalue weighted by Crippen LogP contribution is 1.97. The number of carboxylic acids is 1. The van der Waals surface area contributed by atoms with Crippen LogP contribution in [0.3, 0.4) is 0 Å².